The third-order valence-corrected chi connectivity index (χ3v) is 5.13. The van der Waals surface area contributed by atoms with Crippen LogP contribution in [0.3, 0.4) is 0 Å². The Hall–Kier alpha value is -3.20. The number of hydrazone groups is 1. The predicted molar refractivity (Wildman–Crippen MR) is 107 cm³/mol. The number of fused-ring (bicyclic) bond motifs is 3. The van der Waals surface area contributed by atoms with Gasteiger partial charge in [0.15, 0.2) is 11.2 Å². The summed E-state index contributed by atoms with van der Waals surface area (Å²) in [4.78, 5) is 29.9. The molecule has 1 aliphatic heterocycles. The molecule has 1 aromatic carbocycles. The maximum absolute atomic E-state index is 13.0. The van der Waals surface area contributed by atoms with Crippen LogP contribution in [-0.2, 0) is 14.1 Å². The number of β-amino-alcohol motifs (C(OH)–C–C–N with tert-alkyl or cyclic N) is 1. The van der Waals surface area contributed by atoms with Crippen LogP contribution in [-0.4, -0.2) is 42.7 Å². The van der Waals surface area contributed by atoms with Crippen LogP contribution in [0.4, 0.5) is 5.95 Å². The first-order valence-corrected chi connectivity index (χ1v) is 9.19. The summed E-state index contributed by atoms with van der Waals surface area (Å²) in [5.41, 5.74) is 1.57. The van der Waals surface area contributed by atoms with Crippen LogP contribution in [0.1, 0.15) is 24.9 Å². The number of aliphatic hydroxyl groups excluding tert-OH is 1. The van der Waals surface area contributed by atoms with Crippen LogP contribution < -0.4 is 16.3 Å². The van der Waals surface area contributed by atoms with E-state index in [1.165, 1.54) is 11.6 Å². The molecule has 0 radical (unpaired) electrons. The minimum absolute atomic E-state index is 0.123. The molecule has 1 N–H and O–H groups in total. The lowest BCUT2D eigenvalue weighted by molar-refractivity contribution is 0.300. The van der Waals surface area contributed by atoms with Crippen molar-refractivity contribution in [3.05, 3.63) is 56.7 Å². The second-order valence-corrected chi connectivity index (χ2v) is 6.78. The zero-order chi connectivity index (χ0) is 20.0. The fraction of sp³-hybridized carbons (Fsp3) is 0.368. The van der Waals surface area contributed by atoms with Gasteiger partial charge in [-0.05, 0) is 12.0 Å². The first-order chi connectivity index (χ1) is 13.5. The van der Waals surface area contributed by atoms with Crippen LogP contribution in [0.25, 0.3) is 11.2 Å². The molecule has 0 aliphatic carbocycles. The van der Waals surface area contributed by atoms with Gasteiger partial charge in [-0.2, -0.15) is 10.1 Å². The number of anilines is 1. The standard InChI is InChI=1S/C19H22N6O3/c1-4-13-14(12-8-6-5-7-9-12)21-24(10-11-26)18-20-16-15(25(13)18)17(27)23(3)19(28)22(16)2/h5-9,13,26H,4,10-11H2,1-3H3. The molecule has 1 aliphatic rings. The van der Waals surface area contributed by atoms with Crippen LogP contribution in [0.5, 0.6) is 0 Å². The fourth-order valence-electron chi connectivity index (χ4n) is 3.72. The highest BCUT2D eigenvalue weighted by Gasteiger charge is 2.33. The van der Waals surface area contributed by atoms with Crippen LogP contribution >= 0.6 is 0 Å². The van der Waals surface area contributed by atoms with Crippen LogP contribution in [0.2, 0.25) is 0 Å². The lowest BCUT2D eigenvalue weighted by atomic mass is 10.0. The van der Waals surface area contributed by atoms with E-state index in [0.29, 0.717) is 23.5 Å². The Labute approximate surface area is 160 Å². The van der Waals surface area contributed by atoms with Crippen molar-refractivity contribution in [2.24, 2.45) is 19.2 Å². The topological polar surface area (TPSA) is 97.7 Å². The second-order valence-electron chi connectivity index (χ2n) is 6.78. The Morgan fingerprint density at radius 3 is 2.46 bits per heavy atom. The normalized spacial score (nSPS) is 16.4. The molecule has 0 fully saturated rings. The Morgan fingerprint density at radius 2 is 1.82 bits per heavy atom. The van der Waals surface area contributed by atoms with Crippen molar-refractivity contribution in [1.82, 2.24) is 18.7 Å². The number of nitrogens with zero attached hydrogens (tertiary/aromatic N) is 6. The molecule has 3 heterocycles. The summed E-state index contributed by atoms with van der Waals surface area (Å²) in [6.45, 7) is 2.12. The summed E-state index contributed by atoms with van der Waals surface area (Å²) in [6.07, 6.45) is 0.686. The molecule has 1 unspecified atom stereocenters. The zero-order valence-electron chi connectivity index (χ0n) is 16.0. The molecule has 0 amide bonds. The summed E-state index contributed by atoms with van der Waals surface area (Å²) in [6, 6.07) is 9.52. The Balaban J connectivity index is 2.08. The summed E-state index contributed by atoms with van der Waals surface area (Å²) < 4.78 is 4.31. The van der Waals surface area contributed by atoms with E-state index >= 15 is 0 Å². The maximum atomic E-state index is 13.0. The number of imidazole rings is 1. The van der Waals surface area contributed by atoms with Crippen molar-refractivity contribution < 1.29 is 5.11 Å². The summed E-state index contributed by atoms with van der Waals surface area (Å²) >= 11 is 0. The molecule has 3 aromatic rings. The van der Waals surface area contributed by atoms with Crippen molar-refractivity contribution in [2.75, 3.05) is 18.2 Å². The van der Waals surface area contributed by atoms with Gasteiger partial charge < -0.3 is 5.11 Å². The van der Waals surface area contributed by atoms with Gasteiger partial charge >= 0.3 is 5.69 Å². The van der Waals surface area contributed by atoms with Gasteiger partial charge in [0.25, 0.3) is 5.56 Å². The molecule has 9 nitrogen and oxygen atoms in total. The number of rotatable bonds is 4. The van der Waals surface area contributed by atoms with Gasteiger partial charge in [-0.25, -0.2) is 9.80 Å². The smallest absolute Gasteiger partial charge is 0.332 e. The van der Waals surface area contributed by atoms with Crippen molar-refractivity contribution in [3.8, 4) is 0 Å². The molecule has 0 saturated carbocycles. The van der Waals surface area contributed by atoms with E-state index in [0.717, 1.165) is 15.8 Å². The third kappa shape index (κ3) is 2.50. The first kappa shape index (κ1) is 18.2. The predicted octanol–water partition coefficient (Wildman–Crippen LogP) is 0.601. The SMILES string of the molecule is CCC1C(c2ccccc2)=NN(CCO)c2nc3c(c(=O)n(C)c(=O)n3C)n21. The quantitative estimate of drug-likeness (QED) is 0.713. The van der Waals surface area contributed by atoms with Gasteiger partial charge in [-0.3, -0.25) is 18.5 Å². The van der Waals surface area contributed by atoms with Crippen molar-refractivity contribution in [1.29, 1.82) is 0 Å². The van der Waals surface area contributed by atoms with Crippen molar-refractivity contribution in [3.63, 3.8) is 0 Å². The summed E-state index contributed by atoms with van der Waals surface area (Å²) in [7, 11) is 3.06. The van der Waals surface area contributed by atoms with Gasteiger partial charge in [0.1, 0.15) is 0 Å². The number of aromatic nitrogens is 4. The van der Waals surface area contributed by atoms with E-state index in [1.54, 1.807) is 12.1 Å². The van der Waals surface area contributed by atoms with E-state index in [9.17, 15) is 14.7 Å². The number of aliphatic hydroxyl groups is 1. The molecule has 0 bridgehead atoms. The minimum atomic E-state index is -0.432. The van der Waals surface area contributed by atoms with E-state index < -0.39 is 11.2 Å². The van der Waals surface area contributed by atoms with Gasteiger partial charge in [-0.1, -0.05) is 37.3 Å². The molecule has 0 spiro atoms. The molecule has 28 heavy (non-hydrogen) atoms. The Bertz CT molecular complexity index is 1190. The summed E-state index contributed by atoms with van der Waals surface area (Å²) in [5, 5.41) is 15.9. The van der Waals surface area contributed by atoms with Gasteiger partial charge in [0.2, 0.25) is 5.95 Å². The highest BCUT2D eigenvalue weighted by atomic mass is 16.3. The van der Waals surface area contributed by atoms with Gasteiger partial charge in [0, 0.05) is 14.1 Å². The maximum Gasteiger partial charge on any atom is 0.332 e. The van der Waals surface area contributed by atoms with E-state index in [1.807, 2.05) is 41.8 Å². The number of aryl methyl sites for hydroxylation is 1. The molecule has 4 rings (SSSR count). The molecule has 0 saturated heterocycles. The first-order valence-electron chi connectivity index (χ1n) is 9.19. The van der Waals surface area contributed by atoms with Crippen LogP contribution in [0, 0.1) is 0 Å². The highest BCUT2D eigenvalue weighted by molar-refractivity contribution is 6.05. The van der Waals surface area contributed by atoms with Gasteiger partial charge in [-0.15, -0.1) is 0 Å². The average molecular weight is 382 g/mol. The lowest BCUT2D eigenvalue weighted by Crippen LogP contribution is -2.39. The fourth-order valence-corrected chi connectivity index (χ4v) is 3.72. The third-order valence-electron chi connectivity index (χ3n) is 5.13. The van der Waals surface area contributed by atoms with E-state index in [2.05, 4.69) is 4.98 Å². The molecular weight excluding hydrogens is 360 g/mol. The number of hydrogen-bond acceptors (Lipinski definition) is 6. The Kier molecular flexibility index (Phi) is 4.38. The highest BCUT2D eigenvalue weighted by Crippen LogP contribution is 2.33. The molecular formula is C19H22N6O3. The molecule has 1 atom stereocenters. The molecule has 146 valence electrons. The monoisotopic (exact) mass is 382 g/mol. The van der Waals surface area contributed by atoms with E-state index in [4.69, 9.17) is 5.10 Å². The minimum Gasteiger partial charge on any atom is -0.394 e. The Morgan fingerprint density at radius 1 is 1.11 bits per heavy atom. The summed E-state index contributed by atoms with van der Waals surface area (Å²) in [5.74, 6) is 0.453. The number of benzene rings is 1. The van der Waals surface area contributed by atoms with Crippen molar-refractivity contribution >= 4 is 22.8 Å². The molecule has 2 aromatic heterocycles. The average Bonchev–Trinajstić information content (AvgIpc) is 3.12. The second kappa shape index (κ2) is 6.75. The van der Waals surface area contributed by atoms with Crippen LogP contribution in [0.15, 0.2) is 45.0 Å². The number of hydrogen-bond donors (Lipinski definition) is 1. The molecule has 9 heteroatoms. The van der Waals surface area contributed by atoms with E-state index in [-0.39, 0.29) is 19.2 Å². The van der Waals surface area contributed by atoms with Gasteiger partial charge in [0.05, 0.1) is 24.9 Å². The van der Waals surface area contributed by atoms with Crippen molar-refractivity contribution in [2.45, 2.75) is 19.4 Å². The largest absolute Gasteiger partial charge is 0.394 e. The zero-order valence-corrected chi connectivity index (χ0v) is 16.0. The lowest BCUT2D eigenvalue weighted by Gasteiger charge is -2.31.